The van der Waals surface area contributed by atoms with E-state index in [1.165, 1.54) is 0 Å². The van der Waals surface area contributed by atoms with Gasteiger partial charge in [-0.25, -0.2) is 9.18 Å². The summed E-state index contributed by atoms with van der Waals surface area (Å²) in [4.78, 5) is 10.5. The van der Waals surface area contributed by atoms with E-state index in [-0.39, 0.29) is 0 Å². The highest BCUT2D eigenvalue weighted by molar-refractivity contribution is 5.73. The fourth-order valence-corrected chi connectivity index (χ4v) is 1.48. The molecule has 2 unspecified atom stereocenters. The number of carboxylic acid groups (broad SMARTS) is 1. The van der Waals surface area contributed by atoms with E-state index in [4.69, 9.17) is 5.11 Å². The highest BCUT2D eigenvalue weighted by atomic mass is 19.1. The van der Waals surface area contributed by atoms with Crippen molar-refractivity contribution in [2.75, 3.05) is 0 Å². The van der Waals surface area contributed by atoms with E-state index in [9.17, 15) is 9.18 Å². The van der Waals surface area contributed by atoms with E-state index in [0.29, 0.717) is 6.42 Å². The number of carboxylic acids is 1. The highest BCUT2D eigenvalue weighted by Crippen LogP contribution is 2.25. The van der Waals surface area contributed by atoms with Gasteiger partial charge in [0, 0.05) is 5.92 Å². The van der Waals surface area contributed by atoms with Gasteiger partial charge in [-0.3, -0.25) is 0 Å². The van der Waals surface area contributed by atoms with Gasteiger partial charge >= 0.3 is 5.97 Å². The van der Waals surface area contributed by atoms with Gasteiger partial charge in [0.1, 0.15) is 0 Å². The first kappa shape index (κ1) is 10.7. The molecule has 76 valence electrons. The molecule has 1 aromatic rings. The maximum absolute atomic E-state index is 13.3. The molecule has 1 N–H and O–H groups in total. The third-order valence-corrected chi connectivity index (χ3v) is 2.26. The number of rotatable bonds is 4. The van der Waals surface area contributed by atoms with Gasteiger partial charge in [0.05, 0.1) is 0 Å². The maximum Gasteiger partial charge on any atom is 0.338 e. The molecule has 0 fully saturated rings. The Morgan fingerprint density at radius 1 is 1.43 bits per heavy atom. The predicted molar refractivity (Wildman–Crippen MR) is 52.0 cm³/mol. The van der Waals surface area contributed by atoms with Gasteiger partial charge in [0.2, 0.25) is 6.17 Å². The predicted octanol–water partition coefficient (Wildman–Crippen LogP) is 2.60. The van der Waals surface area contributed by atoms with E-state index >= 15 is 0 Å². The number of alkyl halides is 1. The van der Waals surface area contributed by atoms with E-state index in [0.717, 1.165) is 5.56 Å². The molecular weight excluding hydrogens is 183 g/mol. The minimum absolute atomic E-state index is 0.484. The van der Waals surface area contributed by atoms with Crippen LogP contribution in [-0.2, 0) is 4.79 Å². The zero-order chi connectivity index (χ0) is 10.6. The van der Waals surface area contributed by atoms with Crippen LogP contribution in [0.15, 0.2) is 30.3 Å². The van der Waals surface area contributed by atoms with Crippen LogP contribution >= 0.6 is 0 Å². The second-order valence-corrected chi connectivity index (χ2v) is 3.17. The molecule has 1 rings (SSSR count). The molecule has 1 aromatic carbocycles. The Bertz CT molecular complexity index is 297. The highest BCUT2D eigenvalue weighted by Gasteiger charge is 2.27. The molecule has 3 heteroatoms. The molecule has 0 spiro atoms. The third-order valence-electron chi connectivity index (χ3n) is 2.26. The normalized spacial score (nSPS) is 14.7. The fraction of sp³-hybridized carbons (Fsp3) is 0.364. The van der Waals surface area contributed by atoms with E-state index in [1.807, 2.05) is 6.07 Å². The molecule has 0 aliphatic carbocycles. The smallest absolute Gasteiger partial charge is 0.338 e. The SMILES string of the molecule is CCC(c1ccccc1)C(F)C(=O)O. The molecule has 0 saturated carbocycles. The van der Waals surface area contributed by atoms with Crippen molar-refractivity contribution in [3.05, 3.63) is 35.9 Å². The summed E-state index contributed by atoms with van der Waals surface area (Å²) in [5.74, 6) is -1.94. The van der Waals surface area contributed by atoms with Crippen LogP contribution in [-0.4, -0.2) is 17.2 Å². The topological polar surface area (TPSA) is 37.3 Å². The lowest BCUT2D eigenvalue weighted by Gasteiger charge is -2.16. The molecule has 0 aliphatic heterocycles. The van der Waals surface area contributed by atoms with Crippen molar-refractivity contribution in [2.24, 2.45) is 0 Å². The summed E-state index contributed by atoms with van der Waals surface area (Å²) in [6.07, 6.45) is -1.33. The van der Waals surface area contributed by atoms with Gasteiger partial charge < -0.3 is 5.11 Å². The first-order valence-electron chi connectivity index (χ1n) is 4.58. The summed E-state index contributed by atoms with van der Waals surface area (Å²) < 4.78 is 13.3. The molecule has 0 bridgehead atoms. The number of hydrogen-bond acceptors (Lipinski definition) is 1. The average molecular weight is 196 g/mol. The van der Waals surface area contributed by atoms with Crippen LogP contribution in [0.25, 0.3) is 0 Å². The minimum Gasteiger partial charge on any atom is -0.479 e. The summed E-state index contributed by atoms with van der Waals surface area (Å²) in [7, 11) is 0. The van der Waals surface area contributed by atoms with Gasteiger partial charge in [-0.05, 0) is 12.0 Å². The largest absolute Gasteiger partial charge is 0.479 e. The average Bonchev–Trinajstić information content (AvgIpc) is 2.20. The number of aliphatic carboxylic acids is 1. The Labute approximate surface area is 82.4 Å². The van der Waals surface area contributed by atoms with Gasteiger partial charge in [0.15, 0.2) is 0 Å². The van der Waals surface area contributed by atoms with Crippen molar-refractivity contribution in [1.29, 1.82) is 0 Å². The van der Waals surface area contributed by atoms with Crippen LogP contribution < -0.4 is 0 Å². The monoisotopic (exact) mass is 196 g/mol. The Balaban J connectivity index is 2.87. The zero-order valence-corrected chi connectivity index (χ0v) is 7.98. The Hall–Kier alpha value is -1.38. The summed E-state index contributed by atoms with van der Waals surface area (Å²) in [6, 6.07) is 8.90. The quantitative estimate of drug-likeness (QED) is 0.803. The molecule has 14 heavy (non-hydrogen) atoms. The van der Waals surface area contributed by atoms with E-state index in [1.54, 1.807) is 31.2 Å². The van der Waals surface area contributed by atoms with Crippen LogP contribution in [0.3, 0.4) is 0 Å². The third kappa shape index (κ3) is 2.31. The molecule has 2 atom stereocenters. The van der Waals surface area contributed by atoms with E-state index in [2.05, 4.69) is 0 Å². The lowest BCUT2D eigenvalue weighted by molar-refractivity contribution is -0.143. The van der Waals surface area contributed by atoms with Crippen molar-refractivity contribution in [2.45, 2.75) is 25.4 Å². The van der Waals surface area contributed by atoms with Crippen molar-refractivity contribution < 1.29 is 14.3 Å². The number of halogens is 1. The van der Waals surface area contributed by atoms with Crippen LogP contribution in [0, 0.1) is 0 Å². The fourth-order valence-electron chi connectivity index (χ4n) is 1.48. The van der Waals surface area contributed by atoms with Crippen molar-refractivity contribution >= 4 is 5.97 Å². The maximum atomic E-state index is 13.3. The molecule has 0 saturated heterocycles. The van der Waals surface area contributed by atoms with Crippen LogP contribution in [0.5, 0.6) is 0 Å². The zero-order valence-electron chi connectivity index (χ0n) is 7.98. The van der Waals surface area contributed by atoms with Crippen molar-refractivity contribution in [3.8, 4) is 0 Å². The van der Waals surface area contributed by atoms with Crippen LogP contribution in [0.2, 0.25) is 0 Å². The molecule has 0 radical (unpaired) electrons. The first-order valence-corrected chi connectivity index (χ1v) is 4.58. The molecule has 0 amide bonds. The Morgan fingerprint density at radius 3 is 2.43 bits per heavy atom. The second kappa shape index (κ2) is 4.74. The lowest BCUT2D eigenvalue weighted by atomic mass is 9.92. The van der Waals surface area contributed by atoms with Crippen molar-refractivity contribution in [1.82, 2.24) is 0 Å². The van der Waals surface area contributed by atoms with Gasteiger partial charge in [-0.15, -0.1) is 0 Å². The Morgan fingerprint density at radius 2 is 2.00 bits per heavy atom. The summed E-state index contributed by atoms with van der Waals surface area (Å²) in [6.45, 7) is 1.78. The van der Waals surface area contributed by atoms with Gasteiger partial charge in [0.25, 0.3) is 0 Å². The number of benzene rings is 1. The lowest BCUT2D eigenvalue weighted by Crippen LogP contribution is -2.23. The van der Waals surface area contributed by atoms with Gasteiger partial charge in [-0.2, -0.15) is 0 Å². The molecule has 0 aliphatic rings. The Kier molecular flexibility index (Phi) is 3.63. The van der Waals surface area contributed by atoms with Crippen LogP contribution in [0.4, 0.5) is 4.39 Å². The van der Waals surface area contributed by atoms with Crippen molar-refractivity contribution in [3.63, 3.8) is 0 Å². The first-order chi connectivity index (χ1) is 6.66. The number of carbonyl (C=O) groups is 1. The standard InChI is InChI=1S/C11H13FO2/c1-2-9(10(12)11(13)14)8-6-4-3-5-7-8/h3-7,9-10H,2H2,1H3,(H,13,14). The summed E-state index contributed by atoms with van der Waals surface area (Å²) in [5.41, 5.74) is 0.741. The molecule has 0 aromatic heterocycles. The minimum atomic E-state index is -1.82. The summed E-state index contributed by atoms with van der Waals surface area (Å²) >= 11 is 0. The van der Waals surface area contributed by atoms with Gasteiger partial charge in [-0.1, -0.05) is 37.3 Å². The van der Waals surface area contributed by atoms with E-state index < -0.39 is 18.1 Å². The summed E-state index contributed by atoms with van der Waals surface area (Å²) in [5, 5.41) is 8.57. The molecular formula is C11H13FO2. The molecule has 2 nitrogen and oxygen atoms in total. The van der Waals surface area contributed by atoms with Crippen LogP contribution in [0.1, 0.15) is 24.8 Å². The number of hydrogen-bond donors (Lipinski definition) is 1. The molecule has 0 heterocycles. The second-order valence-electron chi connectivity index (χ2n) is 3.17.